The van der Waals surface area contributed by atoms with Gasteiger partial charge in [-0.1, -0.05) is 6.92 Å². The number of carbonyl (C=O) groups excluding carboxylic acids is 1. The number of anilines is 1. The number of aromatic nitrogens is 1. The zero-order valence-electron chi connectivity index (χ0n) is 12.8. The van der Waals surface area contributed by atoms with E-state index < -0.39 is 0 Å². The van der Waals surface area contributed by atoms with Crippen LogP contribution in [0.2, 0.25) is 0 Å². The molecule has 1 aliphatic rings. The lowest BCUT2D eigenvalue weighted by Gasteiger charge is -2.33. The molecule has 2 rings (SSSR count). The Hall–Kier alpha value is -1.66. The Bertz CT molecular complexity index is 459. The van der Waals surface area contributed by atoms with Crippen molar-refractivity contribution in [1.82, 2.24) is 14.8 Å². The smallest absolute Gasteiger partial charge is 0.272 e. The SMILES string of the molecule is CCN1CCN(C(=O)c2cc(NCCOC)ccn2)CC1. The summed E-state index contributed by atoms with van der Waals surface area (Å²) in [6, 6.07) is 3.67. The van der Waals surface area contributed by atoms with E-state index >= 15 is 0 Å². The van der Waals surface area contributed by atoms with E-state index in [1.54, 1.807) is 13.3 Å². The lowest BCUT2D eigenvalue weighted by atomic mass is 10.2. The summed E-state index contributed by atoms with van der Waals surface area (Å²) in [5, 5.41) is 3.22. The van der Waals surface area contributed by atoms with Gasteiger partial charge < -0.3 is 19.9 Å². The third-order valence-electron chi connectivity index (χ3n) is 3.72. The number of piperazine rings is 1. The van der Waals surface area contributed by atoms with E-state index in [1.807, 2.05) is 17.0 Å². The number of methoxy groups -OCH3 is 1. The third-order valence-corrected chi connectivity index (χ3v) is 3.72. The highest BCUT2D eigenvalue weighted by Gasteiger charge is 2.22. The summed E-state index contributed by atoms with van der Waals surface area (Å²) in [6.07, 6.45) is 1.67. The number of rotatable bonds is 6. The summed E-state index contributed by atoms with van der Waals surface area (Å²) >= 11 is 0. The molecule has 1 aromatic heterocycles. The highest BCUT2D eigenvalue weighted by Crippen LogP contribution is 2.11. The van der Waals surface area contributed by atoms with Crippen molar-refractivity contribution in [2.75, 3.05) is 58.3 Å². The second kappa shape index (κ2) is 7.95. The molecule has 0 atom stereocenters. The summed E-state index contributed by atoms with van der Waals surface area (Å²) < 4.78 is 5.00. The van der Waals surface area contributed by atoms with Crippen molar-refractivity contribution < 1.29 is 9.53 Å². The molecule has 0 saturated carbocycles. The monoisotopic (exact) mass is 292 g/mol. The van der Waals surface area contributed by atoms with Crippen LogP contribution in [0.3, 0.4) is 0 Å². The van der Waals surface area contributed by atoms with Crippen LogP contribution in [0.15, 0.2) is 18.3 Å². The average Bonchev–Trinajstić information content (AvgIpc) is 2.55. The number of carbonyl (C=O) groups is 1. The van der Waals surface area contributed by atoms with E-state index in [0.717, 1.165) is 38.4 Å². The fourth-order valence-corrected chi connectivity index (χ4v) is 2.38. The molecule has 6 heteroatoms. The lowest BCUT2D eigenvalue weighted by molar-refractivity contribution is 0.0637. The van der Waals surface area contributed by atoms with Crippen LogP contribution >= 0.6 is 0 Å². The second-order valence-electron chi connectivity index (χ2n) is 5.08. The van der Waals surface area contributed by atoms with Crippen LogP contribution in [0.4, 0.5) is 5.69 Å². The van der Waals surface area contributed by atoms with Crippen molar-refractivity contribution in [2.24, 2.45) is 0 Å². The fraction of sp³-hybridized carbons (Fsp3) is 0.600. The van der Waals surface area contributed by atoms with Crippen molar-refractivity contribution in [3.05, 3.63) is 24.0 Å². The van der Waals surface area contributed by atoms with Crippen LogP contribution in [0, 0.1) is 0 Å². The van der Waals surface area contributed by atoms with Crippen LogP contribution in [-0.2, 0) is 4.74 Å². The highest BCUT2D eigenvalue weighted by atomic mass is 16.5. The summed E-state index contributed by atoms with van der Waals surface area (Å²) in [5.41, 5.74) is 1.40. The van der Waals surface area contributed by atoms with Gasteiger partial charge >= 0.3 is 0 Å². The summed E-state index contributed by atoms with van der Waals surface area (Å²) in [5.74, 6) is 0.0149. The number of nitrogens with zero attached hydrogens (tertiary/aromatic N) is 3. The number of amides is 1. The number of likely N-dealkylation sites (N-methyl/N-ethyl adjacent to an activating group) is 1. The van der Waals surface area contributed by atoms with Gasteiger partial charge in [0.15, 0.2) is 0 Å². The number of ether oxygens (including phenoxy) is 1. The van der Waals surface area contributed by atoms with Gasteiger partial charge in [-0.2, -0.15) is 0 Å². The van der Waals surface area contributed by atoms with Gasteiger partial charge in [0.2, 0.25) is 0 Å². The number of hydrogen-bond acceptors (Lipinski definition) is 5. The van der Waals surface area contributed by atoms with Gasteiger partial charge in [-0.3, -0.25) is 9.78 Å². The molecule has 0 spiro atoms. The first kappa shape index (κ1) is 15.7. The van der Waals surface area contributed by atoms with Crippen LogP contribution in [0.1, 0.15) is 17.4 Å². The molecule has 1 aliphatic heterocycles. The largest absolute Gasteiger partial charge is 0.383 e. The molecule has 0 radical (unpaired) electrons. The molecule has 1 N–H and O–H groups in total. The maximum Gasteiger partial charge on any atom is 0.272 e. The summed E-state index contributed by atoms with van der Waals surface area (Å²) in [6.45, 7) is 7.95. The van der Waals surface area contributed by atoms with Crippen LogP contribution in [0.25, 0.3) is 0 Å². The first-order chi connectivity index (χ1) is 10.2. The molecule has 2 heterocycles. The van der Waals surface area contributed by atoms with E-state index in [4.69, 9.17) is 4.74 Å². The maximum absolute atomic E-state index is 12.5. The van der Waals surface area contributed by atoms with Crippen LogP contribution in [-0.4, -0.2) is 73.7 Å². The van der Waals surface area contributed by atoms with Gasteiger partial charge in [0.1, 0.15) is 5.69 Å². The summed E-state index contributed by atoms with van der Waals surface area (Å²) in [4.78, 5) is 20.9. The molecule has 21 heavy (non-hydrogen) atoms. The number of nitrogens with one attached hydrogen (secondary N) is 1. The predicted octanol–water partition coefficient (Wildman–Crippen LogP) is 0.918. The number of pyridine rings is 1. The second-order valence-corrected chi connectivity index (χ2v) is 5.08. The summed E-state index contributed by atoms with van der Waals surface area (Å²) in [7, 11) is 1.67. The molecule has 0 bridgehead atoms. The van der Waals surface area contributed by atoms with E-state index in [2.05, 4.69) is 22.1 Å². The van der Waals surface area contributed by atoms with Crippen molar-refractivity contribution in [3.8, 4) is 0 Å². The minimum absolute atomic E-state index is 0.0149. The first-order valence-corrected chi connectivity index (χ1v) is 7.45. The molecular formula is C15H24N4O2. The minimum Gasteiger partial charge on any atom is -0.383 e. The van der Waals surface area contributed by atoms with Gasteiger partial charge in [0.25, 0.3) is 5.91 Å². The Kier molecular flexibility index (Phi) is 5.95. The van der Waals surface area contributed by atoms with E-state index in [-0.39, 0.29) is 5.91 Å². The Morgan fingerprint density at radius 2 is 2.14 bits per heavy atom. The molecule has 1 amide bonds. The Balaban J connectivity index is 1.94. The molecule has 0 aliphatic carbocycles. The van der Waals surface area contributed by atoms with Gasteiger partial charge in [-0.05, 0) is 18.7 Å². The van der Waals surface area contributed by atoms with Crippen molar-refractivity contribution >= 4 is 11.6 Å². The number of hydrogen-bond donors (Lipinski definition) is 1. The van der Waals surface area contributed by atoms with Crippen LogP contribution < -0.4 is 5.32 Å². The first-order valence-electron chi connectivity index (χ1n) is 7.45. The van der Waals surface area contributed by atoms with Gasteiger partial charge in [0, 0.05) is 51.7 Å². The normalized spacial score (nSPS) is 16.0. The molecule has 6 nitrogen and oxygen atoms in total. The molecule has 1 aromatic rings. The van der Waals surface area contributed by atoms with Crippen molar-refractivity contribution in [2.45, 2.75) is 6.92 Å². The molecule has 116 valence electrons. The van der Waals surface area contributed by atoms with Gasteiger partial charge in [-0.25, -0.2) is 0 Å². The third kappa shape index (κ3) is 4.41. The lowest BCUT2D eigenvalue weighted by Crippen LogP contribution is -2.48. The van der Waals surface area contributed by atoms with Gasteiger partial charge in [-0.15, -0.1) is 0 Å². The standard InChI is InChI=1S/C15H24N4O2/c1-3-18-7-9-19(10-8-18)15(20)14-12-13(4-5-17-14)16-6-11-21-2/h4-5,12H,3,6-11H2,1-2H3,(H,16,17). The zero-order chi connectivity index (χ0) is 15.1. The Labute approximate surface area is 126 Å². The van der Waals surface area contributed by atoms with E-state index in [1.165, 1.54) is 0 Å². The highest BCUT2D eigenvalue weighted by molar-refractivity contribution is 5.93. The molecule has 1 saturated heterocycles. The molecule has 0 unspecified atom stereocenters. The maximum atomic E-state index is 12.5. The zero-order valence-corrected chi connectivity index (χ0v) is 12.8. The Morgan fingerprint density at radius 3 is 2.81 bits per heavy atom. The van der Waals surface area contributed by atoms with E-state index in [9.17, 15) is 4.79 Å². The predicted molar refractivity (Wildman–Crippen MR) is 82.6 cm³/mol. The Morgan fingerprint density at radius 1 is 1.38 bits per heavy atom. The minimum atomic E-state index is 0.0149. The quantitative estimate of drug-likeness (QED) is 0.790. The topological polar surface area (TPSA) is 57.7 Å². The average molecular weight is 292 g/mol. The van der Waals surface area contributed by atoms with Gasteiger partial charge in [0.05, 0.1) is 6.61 Å². The van der Waals surface area contributed by atoms with Crippen molar-refractivity contribution in [3.63, 3.8) is 0 Å². The van der Waals surface area contributed by atoms with E-state index in [0.29, 0.717) is 18.8 Å². The molecule has 1 fully saturated rings. The van der Waals surface area contributed by atoms with Crippen LogP contribution in [0.5, 0.6) is 0 Å². The van der Waals surface area contributed by atoms with Crippen molar-refractivity contribution in [1.29, 1.82) is 0 Å². The fourth-order valence-electron chi connectivity index (χ4n) is 2.38. The molecule has 0 aromatic carbocycles. The molecular weight excluding hydrogens is 268 g/mol.